The molecule has 29 heavy (non-hydrogen) atoms. The molecule has 1 unspecified atom stereocenters. The number of aliphatic imine (C=N–C) groups is 1. The van der Waals surface area contributed by atoms with E-state index in [1.807, 2.05) is 11.7 Å². The van der Waals surface area contributed by atoms with Crippen molar-refractivity contribution < 1.29 is 0 Å². The molecule has 1 aromatic heterocycles. The largest absolute Gasteiger partial charge is 0.357 e. The number of halogens is 2. The van der Waals surface area contributed by atoms with Gasteiger partial charge in [0.2, 0.25) is 0 Å². The summed E-state index contributed by atoms with van der Waals surface area (Å²) in [5.74, 6) is 0.899. The third kappa shape index (κ3) is 5.96. The maximum Gasteiger partial charge on any atom is 0.191 e. The highest BCUT2D eigenvalue weighted by Crippen LogP contribution is 2.48. The van der Waals surface area contributed by atoms with Crippen molar-refractivity contribution in [2.45, 2.75) is 58.4 Å². The molecule has 1 aromatic carbocycles. The highest BCUT2D eigenvalue weighted by atomic mass is 127. The van der Waals surface area contributed by atoms with Gasteiger partial charge in [0.25, 0.3) is 0 Å². The van der Waals surface area contributed by atoms with Crippen molar-refractivity contribution in [2.75, 3.05) is 13.1 Å². The van der Waals surface area contributed by atoms with Crippen LogP contribution in [0.15, 0.2) is 33.7 Å². The molecule has 1 fully saturated rings. The van der Waals surface area contributed by atoms with Crippen LogP contribution in [0.1, 0.15) is 49.2 Å². The second kappa shape index (κ2) is 10.3. The van der Waals surface area contributed by atoms with Gasteiger partial charge in [-0.1, -0.05) is 28.1 Å². The second-order valence-corrected chi connectivity index (χ2v) is 8.92. The van der Waals surface area contributed by atoms with E-state index in [-0.39, 0.29) is 35.4 Å². The van der Waals surface area contributed by atoms with Crippen molar-refractivity contribution in [1.82, 2.24) is 20.4 Å². The zero-order valence-corrected chi connectivity index (χ0v) is 22.0. The highest BCUT2D eigenvalue weighted by molar-refractivity contribution is 14.0. The number of nitrogens with one attached hydrogen (secondary N) is 2. The number of hydrogen-bond donors (Lipinski definition) is 2. The van der Waals surface area contributed by atoms with Gasteiger partial charge in [-0.25, -0.2) is 0 Å². The van der Waals surface area contributed by atoms with Crippen LogP contribution in [0.4, 0.5) is 0 Å². The summed E-state index contributed by atoms with van der Waals surface area (Å²) in [4.78, 5) is 4.94. The van der Waals surface area contributed by atoms with Crippen molar-refractivity contribution >= 4 is 45.9 Å². The lowest BCUT2D eigenvalue weighted by atomic mass is 9.96. The number of aryl methyl sites for hydroxylation is 2. The maximum absolute atomic E-state index is 4.94. The van der Waals surface area contributed by atoms with E-state index >= 15 is 0 Å². The van der Waals surface area contributed by atoms with Gasteiger partial charge in [-0.2, -0.15) is 5.10 Å². The van der Waals surface area contributed by atoms with Crippen molar-refractivity contribution in [1.29, 1.82) is 0 Å². The van der Waals surface area contributed by atoms with Gasteiger partial charge >= 0.3 is 0 Å². The first-order valence-corrected chi connectivity index (χ1v) is 10.9. The van der Waals surface area contributed by atoms with Gasteiger partial charge in [0.05, 0.1) is 12.2 Å². The molecule has 2 N–H and O–H groups in total. The van der Waals surface area contributed by atoms with Crippen LogP contribution in [-0.2, 0) is 18.9 Å². The minimum atomic E-state index is 0. The minimum absolute atomic E-state index is 0. The van der Waals surface area contributed by atoms with E-state index in [4.69, 9.17) is 4.99 Å². The fourth-order valence-corrected chi connectivity index (χ4v) is 4.16. The van der Waals surface area contributed by atoms with Crippen LogP contribution in [0.2, 0.25) is 0 Å². The topological polar surface area (TPSA) is 54.2 Å². The Labute approximate surface area is 200 Å². The molecule has 1 heterocycles. The summed E-state index contributed by atoms with van der Waals surface area (Å²) in [5, 5.41) is 11.5. The van der Waals surface area contributed by atoms with Gasteiger partial charge in [-0.05, 0) is 70.2 Å². The van der Waals surface area contributed by atoms with E-state index in [0.717, 1.165) is 35.6 Å². The molecular formula is C22H33BrIN5. The number of guanidine groups is 1. The Hall–Kier alpha value is -1.09. The van der Waals surface area contributed by atoms with Gasteiger partial charge in [-0.15, -0.1) is 24.0 Å². The summed E-state index contributed by atoms with van der Waals surface area (Å²) in [6, 6.07) is 8.94. The predicted octanol–water partition coefficient (Wildman–Crippen LogP) is 4.64. The van der Waals surface area contributed by atoms with Crippen LogP contribution in [0.25, 0.3) is 0 Å². The highest BCUT2D eigenvalue weighted by Gasteiger charge is 2.44. The quantitative estimate of drug-likeness (QED) is 0.288. The summed E-state index contributed by atoms with van der Waals surface area (Å²) >= 11 is 3.60. The lowest BCUT2D eigenvalue weighted by Gasteiger charge is -2.20. The fraction of sp³-hybridized carbons (Fsp3) is 0.545. The number of nitrogens with zero attached hydrogens (tertiary/aromatic N) is 3. The summed E-state index contributed by atoms with van der Waals surface area (Å²) in [5.41, 5.74) is 5.26. The number of hydrogen-bond acceptors (Lipinski definition) is 2. The van der Waals surface area contributed by atoms with Crippen molar-refractivity contribution in [3.05, 3.63) is 51.3 Å². The number of rotatable bonds is 7. The van der Waals surface area contributed by atoms with E-state index in [9.17, 15) is 0 Å². The Balaban J connectivity index is 0.00000300. The molecule has 1 aliphatic rings. The van der Waals surface area contributed by atoms with Gasteiger partial charge in [-0.3, -0.25) is 9.67 Å². The van der Waals surface area contributed by atoms with E-state index < -0.39 is 0 Å². The van der Waals surface area contributed by atoms with Gasteiger partial charge in [0, 0.05) is 35.2 Å². The Bertz CT molecular complexity index is 857. The maximum atomic E-state index is 4.94. The predicted molar refractivity (Wildman–Crippen MR) is 135 cm³/mol. The van der Waals surface area contributed by atoms with Crippen LogP contribution in [0.3, 0.4) is 0 Å². The Morgan fingerprint density at radius 3 is 2.62 bits per heavy atom. The number of benzene rings is 1. The summed E-state index contributed by atoms with van der Waals surface area (Å²) < 4.78 is 3.10. The molecule has 0 bridgehead atoms. The van der Waals surface area contributed by atoms with Crippen LogP contribution in [0, 0.1) is 13.8 Å². The molecule has 0 saturated heterocycles. The Morgan fingerprint density at radius 1 is 1.34 bits per heavy atom. The van der Waals surface area contributed by atoms with Crippen LogP contribution >= 0.6 is 39.9 Å². The average molecular weight is 574 g/mol. The van der Waals surface area contributed by atoms with Crippen LogP contribution in [-0.4, -0.2) is 34.9 Å². The first kappa shape index (κ1) is 24.2. The molecule has 0 amide bonds. The molecule has 1 atom stereocenters. The lowest BCUT2D eigenvalue weighted by Crippen LogP contribution is -2.43. The molecule has 0 radical (unpaired) electrons. The molecule has 160 valence electrons. The first-order chi connectivity index (χ1) is 13.3. The number of aromatic nitrogens is 2. The van der Waals surface area contributed by atoms with Gasteiger partial charge in [0.1, 0.15) is 0 Å². The molecule has 1 aliphatic carbocycles. The van der Waals surface area contributed by atoms with Crippen molar-refractivity contribution in [3.63, 3.8) is 0 Å². The summed E-state index contributed by atoms with van der Waals surface area (Å²) in [6.07, 6.45) is 3.35. The smallest absolute Gasteiger partial charge is 0.191 e. The average Bonchev–Trinajstić information content (AvgIpc) is 3.40. The Morgan fingerprint density at radius 2 is 2.07 bits per heavy atom. The molecular weight excluding hydrogens is 541 g/mol. The minimum Gasteiger partial charge on any atom is -0.357 e. The third-order valence-electron chi connectivity index (χ3n) is 5.73. The standard InChI is InChI=1S/C22H32BrN5.HI/c1-6-24-21(26-15(2)12-20-16(3)27-28(5)17(20)4)25-14-22(10-11-22)18-8-7-9-19(23)13-18;/h7-9,13,15H,6,10-12,14H2,1-5H3,(H2,24,25,26);1H. The zero-order valence-electron chi connectivity index (χ0n) is 18.1. The second-order valence-electron chi connectivity index (χ2n) is 8.01. The summed E-state index contributed by atoms with van der Waals surface area (Å²) in [7, 11) is 2.01. The molecule has 2 aromatic rings. The first-order valence-electron chi connectivity index (χ1n) is 10.1. The van der Waals surface area contributed by atoms with Crippen LogP contribution < -0.4 is 10.6 Å². The van der Waals surface area contributed by atoms with Crippen molar-refractivity contribution in [3.8, 4) is 0 Å². The van der Waals surface area contributed by atoms with E-state index in [1.54, 1.807) is 0 Å². The summed E-state index contributed by atoms with van der Waals surface area (Å²) in [6.45, 7) is 10.2. The molecule has 5 nitrogen and oxygen atoms in total. The monoisotopic (exact) mass is 573 g/mol. The van der Waals surface area contributed by atoms with Crippen LogP contribution in [0.5, 0.6) is 0 Å². The fourth-order valence-electron chi connectivity index (χ4n) is 3.76. The SMILES string of the molecule is CCNC(=NCC1(c2cccc(Br)c2)CC1)NC(C)Cc1c(C)nn(C)c1C.I. The Kier molecular flexibility index (Phi) is 8.58. The van der Waals surface area contributed by atoms with E-state index in [0.29, 0.717) is 0 Å². The lowest BCUT2D eigenvalue weighted by molar-refractivity contribution is 0.627. The zero-order chi connectivity index (χ0) is 20.3. The van der Waals surface area contributed by atoms with Gasteiger partial charge < -0.3 is 10.6 Å². The molecule has 7 heteroatoms. The van der Waals surface area contributed by atoms with E-state index in [1.165, 1.54) is 29.7 Å². The molecule has 1 saturated carbocycles. The third-order valence-corrected chi connectivity index (χ3v) is 6.22. The molecule has 3 rings (SSSR count). The normalized spacial score (nSPS) is 16.1. The molecule has 0 spiro atoms. The van der Waals surface area contributed by atoms with Crippen molar-refractivity contribution in [2.24, 2.45) is 12.0 Å². The molecule has 0 aliphatic heterocycles. The van der Waals surface area contributed by atoms with E-state index in [2.05, 4.69) is 83.6 Å². The van der Waals surface area contributed by atoms with Gasteiger partial charge in [0.15, 0.2) is 5.96 Å².